The number of aromatic nitrogens is 2. The summed E-state index contributed by atoms with van der Waals surface area (Å²) in [6.45, 7) is 2.36. The second kappa shape index (κ2) is 6.10. The fourth-order valence-electron chi connectivity index (χ4n) is 2.87. The number of piperidine rings is 1. The lowest BCUT2D eigenvalue weighted by Crippen LogP contribution is -2.31. The highest BCUT2D eigenvalue weighted by atomic mass is 79.9. The van der Waals surface area contributed by atoms with E-state index in [1.54, 1.807) is 0 Å². The topological polar surface area (TPSA) is 21.1 Å². The molecule has 1 aromatic carbocycles. The largest absolute Gasteiger partial charge is 0.332 e. The average Bonchev–Trinajstić information content (AvgIpc) is 2.90. The third-order valence-corrected chi connectivity index (χ3v) is 4.63. The van der Waals surface area contributed by atoms with E-state index in [0.717, 1.165) is 10.9 Å². The number of hydrogen-bond donors (Lipinski definition) is 0. The van der Waals surface area contributed by atoms with E-state index in [0.29, 0.717) is 6.04 Å². The lowest BCUT2D eigenvalue weighted by molar-refractivity contribution is 0.219. The third-order valence-electron chi connectivity index (χ3n) is 4.11. The van der Waals surface area contributed by atoms with Gasteiger partial charge in [-0.05, 0) is 50.7 Å². The molecular weight excluding hydrogens is 314 g/mol. The first-order valence-electron chi connectivity index (χ1n) is 7.17. The first-order valence-corrected chi connectivity index (χ1v) is 7.96. The van der Waals surface area contributed by atoms with E-state index in [1.807, 2.05) is 6.20 Å². The molecule has 1 saturated heterocycles. The maximum atomic E-state index is 4.57. The maximum Gasteiger partial charge on any atom is 0.113 e. The second-order valence-corrected chi connectivity index (χ2v) is 6.50. The number of halogens is 1. The van der Waals surface area contributed by atoms with Gasteiger partial charge in [0.1, 0.15) is 5.82 Å². The fraction of sp³-hybridized carbons (Fsp3) is 0.438. The van der Waals surface area contributed by atoms with Crippen molar-refractivity contribution >= 4 is 15.9 Å². The number of benzene rings is 1. The highest BCUT2D eigenvalue weighted by Gasteiger charge is 2.20. The number of imidazole rings is 1. The van der Waals surface area contributed by atoms with Crippen LogP contribution in [0.4, 0.5) is 0 Å². The number of rotatable bonds is 3. The van der Waals surface area contributed by atoms with Gasteiger partial charge in [0.05, 0.1) is 0 Å². The van der Waals surface area contributed by atoms with E-state index >= 15 is 0 Å². The normalized spacial score (nSPS) is 17.5. The van der Waals surface area contributed by atoms with Gasteiger partial charge >= 0.3 is 0 Å². The summed E-state index contributed by atoms with van der Waals surface area (Å²) < 4.78 is 3.51. The lowest BCUT2D eigenvalue weighted by atomic mass is 10.0. The van der Waals surface area contributed by atoms with Crippen LogP contribution in [-0.2, 0) is 6.42 Å². The van der Waals surface area contributed by atoms with Crippen LogP contribution in [0.3, 0.4) is 0 Å². The van der Waals surface area contributed by atoms with Crippen LogP contribution in [0.1, 0.15) is 30.3 Å². The van der Waals surface area contributed by atoms with Gasteiger partial charge in [-0.15, -0.1) is 0 Å². The Balaban J connectivity index is 1.74. The predicted octanol–water partition coefficient (Wildman–Crippen LogP) is 3.50. The molecule has 0 saturated carbocycles. The van der Waals surface area contributed by atoms with Crippen LogP contribution in [0, 0.1) is 0 Å². The molecule has 0 atom stereocenters. The van der Waals surface area contributed by atoms with Gasteiger partial charge in [0.25, 0.3) is 0 Å². The van der Waals surface area contributed by atoms with Crippen molar-refractivity contribution in [2.24, 2.45) is 0 Å². The van der Waals surface area contributed by atoms with Gasteiger partial charge in [-0.3, -0.25) is 0 Å². The van der Waals surface area contributed by atoms with Crippen LogP contribution in [0.5, 0.6) is 0 Å². The van der Waals surface area contributed by atoms with Crippen molar-refractivity contribution in [3.63, 3.8) is 0 Å². The summed E-state index contributed by atoms with van der Waals surface area (Å²) in [5, 5.41) is 0. The third kappa shape index (κ3) is 3.13. The van der Waals surface area contributed by atoms with Crippen LogP contribution >= 0.6 is 15.9 Å². The summed E-state index contributed by atoms with van der Waals surface area (Å²) in [4.78, 5) is 6.97. The molecule has 0 bridgehead atoms. The van der Waals surface area contributed by atoms with E-state index in [-0.39, 0.29) is 0 Å². The smallest absolute Gasteiger partial charge is 0.113 e. The maximum absolute atomic E-state index is 4.57. The first-order chi connectivity index (χ1) is 9.72. The molecule has 0 amide bonds. The van der Waals surface area contributed by atoms with Gasteiger partial charge in [0.2, 0.25) is 0 Å². The summed E-state index contributed by atoms with van der Waals surface area (Å²) in [5.74, 6) is 1.18. The Morgan fingerprint density at radius 2 is 1.90 bits per heavy atom. The Kier molecular flexibility index (Phi) is 4.22. The molecule has 1 aliphatic rings. The van der Waals surface area contributed by atoms with Crippen molar-refractivity contribution in [2.75, 3.05) is 20.1 Å². The zero-order chi connectivity index (χ0) is 13.9. The van der Waals surface area contributed by atoms with E-state index in [4.69, 9.17) is 0 Å². The molecule has 20 heavy (non-hydrogen) atoms. The number of hydrogen-bond acceptors (Lipinski definition) is 2. The molecule has 0 spiro atoms. The molecule has 3 rings (SSSR count). The minimum absolute atomic E-state index is 0.610. The van der Waals surface area contributed by atoms with Gasteiger partial charge in [0.15, 0.2) is 0 Å². The van der Waals surface area contributed by atoms with Crippen molar-refractivity contribution in [1.29, 1.82) is 0 Å². The highest BCUT2D eigenvalue weighted by Crippen LogP contribution is 2.24. The van der Waals surface area contributed by atoms with Crippen molar-refractivity contribution < 1.29 is 0 Å². The van der Waals surface area contributed by atoms with Crippen molar-refractivity contribution in [3.05, 3.63) is 52.5 Å². The van der Waals surface area contributed by atoms with E-state index in [9.17, 15) is 0 Å². The van der Waals surface area contributed by atoms with Crippen LogP contribution in [0.2, 0.25) is 0 Å². The quantitative estimate of drug-likeness (QED) is 0.857. The molecule has 2 aromatic rings. The molecule has 0 unspecified atom stereocenters. The molecule has 4 heteroatoms. The average molecular weight is 334 g/mol. The molecule has 3 nitrogen and oxygen atoms in total. The van der Waals surface area contributed by atoms with E-state index in [1.165, 1.54) is 37.3 Å². The molecule has 106 valence electrons. The molecule has 0 N–H and O–H groups in total. The minimum Gasteiger partial charge on any atom is -0.332 e. The highest BCUT2D eigenvalue weighted by molar-refractivity contribution is 9.10. The van der Waals surface area contributed by atoms with Gasteiger partial charge in [-0.25, -0.2) is 4.98 Å². The van der Waals surface area contributed by atoms with Crippen LogP contribution < -0.4 is 0 Å². The molecule has 0 aliphatic carbocycles. The summed E-state index contributed by atoms with van der Waals surface area (Å²) in [7, 11) is 2.20. The Morgan fingerprint density at radius 3 is 2.60 bits per heavy atom. The number of nitrogens with zero attached hydrogens (tertiary/aromatic N) is 3. The molecule has 0 radical (unpaired) electrons. The first kappa shape index (κ1) is 13.8. The zero-order valence-corrected chi connectivity index (χ0v) is 13.4. The van der Waals surface area contributed by atoms with Crippen LogP contribution in [0.15, 0.2) is 41.1 Å². The second-order valence-electron chi connectivity index (χ2n) is 5.59. The van der Waals surface area contributed by atoms with Gasteiger partial charge in [-0.1, -0.05) is 28.1 Å². The van der Waals surface area contributed by atoms with Gasteiger partial charge < -0.3 is 9.47 Å². The molecule has 2 heterocycles. The Hall–Kier alpha value is -1.13. The molecule has 1 aromatic heterocycles. The summed E-state index contributed by atoms with van der Waals surface area (Å²) >= 11 is 3.48. The van der Waals surface area contributed by atoms with E-state index < -0.39 is 0 Å². The predicted molar refractivity (Wildman–Crippen MR) is 84.9 cm³/mol. The summed E-state index contributed by atoms with van der Waals surface area (Å²) in [5.41, 5.74) is 1.31. The number of likely N-dealkylation sites (tertiary alicyclic amines) is 1. The Bertz CT molecular complexity index is 553. The van der Waals surface area contributed by atoms with Crippen molar-refractivity contribution in [1.82, 2.24) is 14.5 Å². The Morgan fingerprint density at radius 1 is 1.20 bits per heavy atom. The van der Waals surface area contributed by atoms with Crippen LogP contribution in [0.25, 0.3) is 0 Å². The minimum atomic E-state index is 0.610. The fourth-order valence-corrected chi connectivity index (χ4v) is 3.14. The van der Waals surface area contributed by atoms with Crippen molar-refractivity contribution in [2.45, 2.75) is 25.3 Å². The molecule has 1 fully saturated rings. The van der Waals surface area contributed by atoms with Crippen LogP contribution in [-0.4, -0.2) is 34.6 Å². The SMILES string of the molecule is CN1CCC(n2ccnc2Cc2ccc(Br)cc2)CC1. The standard InChI is InChI=1S/C16H20BrN3/c1-19-9-6-15(7-10-19)20-11-8-18-16(20)12-13-2-4-14(17)5-3-13/h2-5,8,11,15H,6-7,9-10,12H2,1H3. The molecular formula is C16H20BrN3. The van der Waals surface area contributed by atoms with Crippen molar-refractivity contribution in [3.8, 4) is 0 Å². The van der Waals surface area contributed by atoms with E-state index in [2.05, 4.69) is 67.9 Å². The Labute approximate surface area is 128 Å². The summed E-state index contributed by atoms with van der Waals surface area (Å²) in [6.07, 6.45) is 7.43. The molecule has 1 aliphatic heterocycles. The van der Waals surface area contributed by atoms with Gasteiger partial charge in [0, 0.05) is 29.3 Å². The monoisotopic (exact) mass is 333 g/mol. The zero-order valence-electron chi connectivity index (χ0n) is 11.8. The summed E-state index contributed by atoms with van der Waals surface area (Å²) in [6, 6.07) is 9.13. The van der Waals surface area contributed by atoms with Gasteiger partial charge in [-0.2, -0.15) is 0 Å². The lowest BCUT2D eigenvalue weighted by Gasteiger charge is -2.30.